The molecular weight excluding hydrogens is 368 g/mol. The van der Waals surface area contributed by atoms with Crippen LogP contribution in [0.25, 0.3) is 0 Å². The van der Waals surface area contributed by atoms with Crippen LogP contribution in [0, 0.1) is 0 Å². The van der Waals surface area contributed by atoms with Gasteiger partial charge in [0.15, 0.2) is 0 Å². The standard InChI is InChI=1S/C23H22N2O2S/c1-2-19(16-7-4-3-5-8-16)22(26)24-18-11-10-17-12-13-25(20(17)15-18)23(27)21-9-6-14-28-21/h3-11,14-15,19H,2,12-13H2,1H3,(H,24,26). The molecule has 2 amide bonds. The highest BCUT2D eigenvalue weighted by molar-refractivity contribution is 7.12. The Balaban J connectivity index is 1.55. The van der Waals surface area contributed by atoms with E-state index >= 15 is 0 Å². The largest absolute Gasteiger partial charge is 0.325 e. The van der Waals surface area contributed by atoms with Gasteiger partial charge in [0.2, 0.25) is 5.91 Å². The lowest BCUT2D eigenvalue weighted by Crippen LogP contribution is -2.28. The molecule has 4 nitrogen and oxygen atoms in total. The van der Waals surface area contributed by atoms with Gasteiger partial charge in [0.05, 0.1) is 10.8 Å². The number of nitrogens with one attached hydrogen (secondary N) is 1. The van der Waals surface area contributed by atoms with E-state index in [4.69, 9.17) is 0 Å². The SMILES string of the molecule is CCC(C(=O)Nc1ccc2c(c1)N(C(=O)c1cccs1)CC2)c1ccccc1. The van der Waals surface area contributed by atoms with E-state index in [1.165, 1.54) is 11.3 Å². The van der Waals surface area contributed by atoms with Gasteiger partial charge in [0, 0.05) is 17.9 Å². The van der Waals surface area contributed by atoms with Gasteiger partial charge in [-0.25, -0.2) is 0 Å². The third-order valence-corrected chi connectivity index (χ3v) is 6.01. The number of hydrogen-bond acceptors (Lipinski definition) is 3. The summed E-state index contributed by atoms with van der Waals surface area (Å²) >= 11 is 1.45. The first-order chi connectivity index (χ1) is 13.7. The minimum Gasteiger partial charge on any atom is -0.325 e. The van der Waals surface area contributed by atoms with Crippen LogP contribution < -0.4 is 10.2 Å². The summed E-state index contributed by atoms with van der Waals surface area (Å²) in [5.41, 5.74) is 3.77. The first-order valence-corrected chi connectivity index (χ1v) is 10.4. The first kappa shape index (κ1) is 18.4. The van der Waals surface area contributed by atoms with Crippen LogP contribution in [0.2, 0.25) is 0 Å². The Labute approximate surface area is 168 Å². The Bertz CT molecular complexity index is 983. The molecule has 1 atom stereocenters. The zero-order chi connectivity index (χ0) is 19.5. The van der Waals surface area contributed by atoms with Crippen molar-refractivity contribution in [1.82, 2.24) is 0 Å². The number of hydrogen-bond donors (Lipinski definition) is 1. The minimum atomic E-state index is -0.196. The zero-order valence-electron chi connectivity index (χ0n) is 15.7. The molecule has 0 bridgehead atoms. The highest BCUT2D eigenvalue weighted by Gasteiger charge is 2.27. The molecule has 2 aromatic carbocycles. The molecule has 0 saturated carbocycles. The predicted molar refractivity (Wildman–Crippen MR) is 114 cm³/mol. The van der Waals surface area contributed by atoms with Gasteiger partial charge in [-0.3, -0.25) is 9.59 Å². The lowest BCUT2D eigenvalue weighted by Gasteiger charge is -2.19. The van der Waals surface area contributed by atoms with Gasteiger partial charge >= 0.3 is 0 Å². The maximum absolute atomic E-state index is 12.9. The maximum atomic E-state index is 12.9. The van der Waals surface area contributed by atoms with Crippen molar-refractivity contribution in [2.45, 2.75) is 25.7 Å². The molecule has 1 unspecified atom stereocenters. The molecule has 142 valence electrons. The lowest BCUT2D eigenvalue weighted by atomic mass is 9.95. The van der Waals surface area contributed by atoms with Gasteiger partial charge in [-0.05, 0) is 47.5 Å². The zero-order valence-corrected chi connectivity index (χ0v) is 16.5. The lowest BCUT2D eigenvalue weighted by molar-refractivity contribution is -0.117. The van der Waals surface area contributed by atoms with Gasteiger partial charge in [-0.15, -0.1) is 11.3 Å². The first-order valence-electron chi connectivity index (χ1n) is 9.51. The molecule has 1 aliphatic rings. The second-order valence-corrected chi connectivity index (χ2v) is 7.84. The average molecular weight is 391 g/mol. The third-order valence-electron chi connectivity index (χ3n) is 5.15. The summed E-state index contributed by atoms with van der Waals surface area (Å²) in [6.45, 7) is 2.69. The van der Waals surface area contributed by atoms with E-state index in [0.717, 1.165) is 40.2 Å². The van der Waals surface area contributed by atoms with Crippen molar-refractivity contribution in [2.75, 3.05) is 16.8 Å². The number of carbonyl (C=O) groups excluding carboxylic acids is 2. The summed E-state index contributed by atoms with van der Waals surface area (Å²) < 4.78 is 0. The normalized spacial score (nSPS) is 13.8. The van der Waals surface area contributed by atoms with Crippen molar-refractivity contribution >= 4 is 34.5 Å². The summed E-state index contributed by atoms with van der Waals surface area (Å²) in [5, 5.41) is 4.95. The van der Waals surface area contributed by atoms with Crippen molar-refractivity contribution in [3.05, 3.63) is 82.0 Å². The Morgan fingerprint density at radius 1 is 1.11 bits per heavy atom. The second kappa shape index (κ2) is 7.98. The van der Waals surface area contributed by atoms with E-state index in [1.807, 2.05) is 77.9 Å². The average Bonchev–Trinajstić information content (AvgIpc) is 3.39. The Kier molecular flexibility index (Phi) is 5.26. The minimum absolute atomic E-state index is 0.0212. The summed E-state index contributed by atoms with van der Waals surface area (Å²) in [6, 6.07) is 19.4. The van der Waals surface area contributed by atoms with Crippen LogP contribution in [0.5, 0.6) is 0 Å². The third kappa shape index (κ3) is 3.58. The van der Waals surface area contributed by atoms with Crippen LogP contribution in [-0.2, 0) is 11.2 Å². The molecule has 1 aliphatic heterocycles. The van der Waals surface area contributed by atoms with E-state index in [1.54, 1.807) is 0 Å². The van der Waals surface area contributed by atoms with E-state index in [0.29, 0.717) is 6.54 Å². The Hall–Kier alpha value is -2.92. The number of fused-ring (bicyclic) bond motifs is 1. The van der Waals surface area contributed by atoms with Crippen molar-refractivity contribution < 1.29 is 9.59 Å². The highest BCUT2D eigenvalue weighted by atomic mass is 32.1. The quantitative estimate of drug-likeness (QED) is 0.660. The van der Waals surface area contributed by atoms with Crippen molar-refractivity contribution in [2.24, 2.45) is 0 Å². The Morgan fingerprint density at radius 3 is 2.64 bits per heavy atom. The molecule has 0 fully saturated rings. The number of carbonyl (C=O) groups is 2. The summed E-state index contributed by atoms with van der Waals surface area (Å²) in [4.78, 5) is 28.2. The molecule has 4 rings (SSSR count). The summed E-state index contributed by atoms with van der Waals surface area (Å²) in [7, 11) is 0. The summed E-state index contributed by atoms with van der Waals surface area (Å²) in [5.74, 6) is -0.200. The van der Waals surface area contributed by atoms with Crippen molar-refractivity contribution in [3.8, 4) is 0 Å². The topological polar surface area (TPSA) is 49.4 Å². The fourth-order valence-electron chi connectivity index (χ4n) is 3.69. The van der Waals surface area contributed by atoms with E-state index in [2.05, 4.69) is 5.32 Å². The van der Waals surface area contributed by atoms with Crippen LogP contribution in [0.15, 0.2) is 66.0 Å². The predicted octanol–water partition coefficient (Wildman–Crippen LogP) is 5.08. The van der Waals surface area contributed by atoms with Crippen molar-refractivity contribution in [3.63, 3.8) is 0 Å². The highest BCUT2D eigenvalue weighted by Crippen LogP contribution is 2.33. The van der Waals surface area contributed by atoms with Crippen LogP contribution >= 0.6 is 11.3 Å². The van der Waals surface area contributed by atoms with Crippen LogP contribution in [0.1, 0.15) is 40.1 Å². The van der Waals surface area contributed by atoms with Gasteiger partial charge < -0.3 is 10.2 Å². The molecule has 0 saturated heterocycles. The van der Waals surface area contributed by atoms with Crippen molar-refractivity contribution in [1.29, 1.82) is 0 Å². The van der Waals surface area contributed by atoms with Gasteiger partial charge in [-0.2, -0.15) is 0 Å². The molecule has 1 aromatic heterocycles. The monoisotopic (exact) mass is 390 g/mol. The number of rotatable bonds is 5. The molecule has 1 N–H and O–H groups in total. The van der Waals surface area contributed by atoms with E-state index < -0.39 is 0 Å². The van der Waals surface area contributed by atoms with E-state index in [9.17, 15) is 9.59 Å². The van der Waals surface area contributed by atoms with Gasteiger partial charge in [-0.1, -0.05) is 49.4 Å². The van der Waals surface area contributed by atoms with Crippen LogP contribution in [0.4, 0.5) is 11.4 Å². The fraction of sp³-hybridized carbons (Fsp3) is 0.217. The maximum Gasteiger partial charge on any atom is 0.268 e. The number of anilines is 2. The van der Waals surface area contributed by atoms with Gasteiger partial charge in [0.1, 0.15) is 0 Å². The molecule has 0 spiro atoms. The molecular formula is C23H22N2O2S. The van der Waals surface area contributed by atoms with Gasteiger partial charge in [0.25, 0.3) is 5.91 Å². The second-order valence-electron chi connectivity index (χ2n) is 6.89. The Morgan fingerprint density at radius 2 is 1.93 bits per heavy atom. The molecule has 0 radical (unpaired) electrons. The molecule has 0 aliphatic carbocycles. The van der Waals surface area contributed by atoms with Crippen LogP contribution in [-0.4, -0.2) is 18.4 Å². The summed E-state index contributed by atoms with van der Waals surface area (Å²) in [6.07, 6.45) is 1.56. The number of amides is 2. The smallest absolute Gasteiger partial charge is 0.268 e. The van der Waals surface area contributed by atoms with Crippen LogP contribution in [0.3, 0.4) is 0 Å². The van der Waals surface area contributed by atoms with E-state index in [-0.39, 0.29) is 17.7 Å². The number of benzene rings is 2. The molecule has 3 aromatic rings. The molecule has 28 heavy (non-hydrogen) atoms. The fourth-order valence-corrected chi connectivity index (χ4v) is 4.36. The molecule has 2 heterocycles. The number of thiophene rings is 1. The number of nitrogens with zero attached hydrogens (tertiary/aromatic N) is 1. The molecule has 5 heteroatoms.